The average Bonchev–Trinajstić information content (AvgIpc) is 3.28. The van der Waals surface area contributed by atoms with Crippen molar-refractivity contribution in [3.63, 3.8) is 0 Å². The van der Waals surface area contributed by atoms with Crippen LogP contribution in [0.15, 0.2) is 91.0 Å². The summed E-state index contributed by atoms with van der Waals surface area (Å²) in [6.45, 7) is 14.3. The lowest BCUT2D eigenvalue weighted by atomic mass is 9.93. The van der Waals surface area contributed by atoms with Crippen LogP contribution in [-0.4, -0.2) is 98.7 Å². The fourth-order valence-corrected chi connectivity index (χ4v) is 9.28. The highest BCUT2D eigenvalue weighted by molar-refractivity contribution is 6.74. The summed E-state index contributed by atoms with van der Waals surface area (Å²) in [5, 5.41) is 22.4. The highest BCUT2D eigenvalue weighted by atomic mass is 28.4. The number of phenolic OH excluding ortho intramolecular Hbond substituents is 1. The number of aromatic hydroxyl groups is 1. The minimum Gasteiger partial charge on any atom is -0.506 e. The summed E-state index contributed by atoms with van der Waals surface area (Å²) < 4.78 is 12.7. The van der Waals surface area contributed by atoms with E-state index in [1.54, 1.807) is 18.0 Å². The number of unbranched alkanes of at least 4 members (excludes halogenated alkanes) is 1. The van der Waals surface area contributed by atoms with Crippen LogP contribution in [-0.2, 0) is 41.3 Å². The molecular weight excluding hydrogens is 853 g/mol. The number of para-hydroxylation sites is 1. The van der Waals surface area contributed by atoms with Crippen molar-refractivity contribution in [3.05, 3.63) is 108 Å². The third-order valence-corrected chi connectivity index (χ3v) is 17.3. The van der Waals surface area contributed by atoms with Crippen molar-refractivity contribution >= 4 is 55.0 Å². The van der Waals surface area contributed by atoms with Crippen molar-refractivity contribution in [3.8, 4) is 16.9 Å². The zero-order chi connectivity index (χ0) is 47.4. The first kappa shape index (κ1) is 49.6. The Bertz CT molecular complexity index is 2330. The molecule has 1 saturated heterocycles. The predicted molar refractivity (Wildman–Crippen MR) is 261 cm³/mol. The summed E-state index contributed by atoms with van der Waals surface area (Å²) in [5.41, 5.74) is 5.89. The number of carbonyl (C=O) groups is 5. The minimum absolute atomic E-state index is 0.0386. The lowest BCUT2D eigenvalue weighted by Crippen LogP contribution is -2.44. The molecule has 66 heavy (non-hydrogen) atoms. The van der Waals surface area contributed by atoms with Crippen LogP contribution in [0.3, 0.4) is 0 Å². The van der Waals surface area contributed by atoms with Gasteiger partial charge in [0.1, 0.15) is 11.9 Å². The van der Waals surface area contributed by atoms with Crippen LogP contribution in [0.25, 0.3) is 11.1 Å². The Kier molecular flexibility index (Phi) is 16.9. The van der Waals surface area contributed by atoms with Gasteiger partial charge in [-0.15, -0.1) is 0 Å². The molecule has 15 heteroatoms. The Morgan fingerprint density at radius 3 is 2.39 bits per heavy atom. The molecule has 2 aliphatic heterocycles. The summed E-state index contributed by atoms with van der Waals surface area (Å²) in [6.07, 6.45) is 2.37. The molecule has 1 unspecified atom stereocenters. The molecule has 2 atom stereocenters. The van der Waals surface area contributed by atoms with Crippen molar-refractivity contribution in [2.45, 2.75) is 103 Å². The number of phenols is 1. The van der Waals surface area contributed by atoms with E-state index in [0.717, 1.165) is 41.6 Å². The fraction of sp³-hybridized carbons (Fsp3) is 0.431. The quantitative estimate of drug-likeness (QED) is 0.0265. The van der Waals surface area contributed by atoms with Gasteiger partial charge in [-0.05, 0) is 96.9 Å². The first-order valence-electron chi connectivity index (χ1n) is 23.0. The van der Waals surface area contributed by atoms with Gasteiger partial charge < -0.3 is 35.1 Å². The molecule has 0 spiro atoms. The molecule has 6 rings (SSSR count). The number of Topliss-reactive ketones (excluding diaryl/α,β-unsaturated/α-hetero) is 1. The van der Waals surface area contributed by atoms with E-state index in [0.29, 0.717) is 75.3 Å². The fourth-order valence-electron chi connectivity index (χ4n) is 8.00. The first-order valence-corrected chi connectivity index (χ1v) is 25.9. The number of ether oxygens (including phenoxy) is 1. The third-order valence-electron chi connectivity index (χ3n) is 12.8. The van der Waals surface area contributed by atoms with Gasteiger partial charge in [-0.25, -0.2) is 4.79 Å². The van der Waals surface area contributed by atoms with E-state index in [9.17, 15) is 29.1 Å². The van der Waals surface area contributed by atoms with Gasteiger partial charge >= 0.3 is 6.09 Å². The van der Waals surface area contributed by atoms with Gasteiger partial charge in [0.05, 0.1) is 17.5 Å². The van der Waals surface area contributed by atoms with Gasteiger partial charge in [0.2, 0.25) is 17.6 Å². The van der Waals surface area contributed by atoms with E-state index in [1.165, 1.54) is 6.07 Å². The van der Waals surface area contributed by atoms with Crippen LogP contribution in [0.5, 0.6) is 5.75 Å². The van der Waals surface area contributed by atoms with E-state index in [2.05, 4.69) is 60.0 Å². The molecule has 4 amide bonds. The third kappa shape index (κ3) is 13.6. The average molecular weight is 919 g/mol. The molecule has 4 aromatic rings. The second-order valence-corrected chi connectivity index (χ2v) is 23.6. The summed E-state index contributed by atoms with van der Waals surface area (Å²) in [7, 11) is -0.499. The Morgan fingerprint density at radius 1 is 0.924 bits per heavy atom. The number of piperidine rings is 1. The van der Waals surface area contributed by atoms with Gasteiger partial charge in [0, 0.05) is 70.3 Å². The van der Waals surface area contributed by atoms with Crippen LogP contribution >= 0.6 is 0 Å². The number of hydrogen-bond donors (Lipinski definition) is 5. The molecule has 0 aliphatic carbocycles. The Labute approximate surface area is 389 Å². The molecule has 352 valence electrons. The molecular formula is C51H66N6O8Si. The molecule has 0 radical (unpaired) electrons. The molecule has 4 aromatic carbocycles. The number of nitrogens with one attached hydrogen (secondary N) is 4. The predicted octanol–water partition coefficient (Wildman–Crippen LogP) is 8.65. The number of carbonyl (C=O) groups excluding carboxylic acids is 5. The summed E-state index contributed by atoms with van der Waals surface area (Å²) in [4.78, 5) is 67.3. The summed E-state index contributed by atoms with van der Waals surface area (Å²) in [5.74, 6) is -1.44. The second-order valence-electron chi connectivity index (χ2n) is 18.9. The number of nitrogens with zero attached hydrogens (tertiary/aromatic N) is 2. The summed E-state index contributed by atoms with van der Waals surface area (Å²) >= 11 is 0. The number of likely N-dealkylation sites (tertiary alicyclic amines) is 1. The van der Waals surface area contributed by atoms with Crippen LogP contribution in [0, 0.1) is 0 Å². The van der Waals surface area contributed by atoms with Crippen molar-refractivity contribution in [2.24, 2.45) is 0 Å². The highest BCUT2D eigenvalue weighted by Gasteiger charge is 2.40. The van der Waals surface area contributed by atoms with Gasteiger partial charge in [0.15, 0.2) is 8.32 Å². The largest absolute Gasteiger partial charge is 0.506 e. The molecule has 2 heterocycles. The highest BCUT2D eigenvalue weighted by Crippen LogP contribution is 2.43. The van der Waals surface area contributed by atoms with Crippen molar-refractivity contribution < 1.29 is 38.2 Å². The van der Waals surface area contributed by atoms with E-state index >= 15 is 0 Å². The number of ketones is 1. The maximum atomic E-state index is 13.0. The standard InChI is InChI=1S/C51H66N6O8Si/c1-51(2,3)66(5,6)65-45(40-25-26-43(58)48-41(40)31-44(59)49(62)55-48)33-52-32-35-21-23-37(24-22-35)53-46(60)20-12-13-28-56(4)47(61)27-30-57-29-14-17-38(34-57)64-50(63)54-42-19-11-10-18-39(42)36-15-8-7-9-16-36/h7-11,15-16,18-19,21-26,38,45,52,58H,12-14,17,20,27-34H2,1-6H3,(H,53,60)(H,54,63)(H,55,62)/t38?,45-/m0/s1. The normalized spacial score (nSPS) is 15.9. The van der Waals surface area contributed by atoms with Gasteiger partial charge in [-0.3, -0.25) is 29.4 Å². The van der Waals surface area contributed by atoms with Crippen molar-refractivity contribution in [1.29, 1.82) is 0 Å². The SMILES string of the molecule is CN(CCCCC(=O)Nc1ccc(CNC[C@H](O[Si](C)(C)C(C)(C)C)c2ccc(O)c3c2CC(=O)C(=O)N3)cc1)C(=O)CCN1CCCC(OC(=O)Nc2ccccc2-c2ccccc2)C1. The molecule has 2 aliphatic rings. The van der Waals surface area contributed by atoms with E-state index in [1.807, 2.05) is 78.9 Å². The lowest BCUT2D eigenvalue weighted by molar-refractivity contribution is -0.134. The number of anilines is 3. The van der Waals surface area contributed by atoms with Gasteiger partial charge in [-0.2, -0.15) is 0 Å². The lowest BCUT2D eigenvalue weighted by Gasteiger charge is -2.40. The molecule has 0 aromatic heterocycles. The number of hydrogen-bond acceptors (Lipinski definition) is 10. The minimum atomic E-state index is -2.29. The molecule has 0 bridgehead atoms. The maximum Gasteiger partial charge on any atom is 0.411 e. The Hall–Kier alpha value is -5.87. The first-order chi connectivity index (χ1) is 31.5. The number of rotatable bonds is 19. The number of amides is 4. The van der Waals surface area contributed by atoms with Crippen LogP contribution in [0.4, 0.5) is 21.9 Å². The molecule has 0 saturated carbocycles. The van der Waals surface area contributed by atoms with Crippen LogP contribution < -0.4 is 21.3 Å². The van der Waals surface area contributed by atoms with E-state index in [-0.39, 0.29) is 40.8 Å². The Morgan fingerprint density at radius 2 is 1.65 bits per heavy atom. The van der Waals surface area contributed by atoms with Crippen LogP contribution in [0.2, 0.25) is 18.1 Å². The van der Waals surface area contributed by atoms with Gasteiger partial charge in [-0.1, -0.05) is 87.5 Å². The van der Waals surface area contributed by atoms with Crippen LogP contribution in [0.1, 0.15) is 82.1 Å². The van der Waals surface area contributed by atoms with Gasteiger partial charge in [0.25, 0.3) is 5.91 Å². The van der Waals surface area contributed by atoms with Crippen molar-refractivity contribution in [1.82, 2.24) is 15.1 Å². The smallest absolute Gasteiger partial charge is 0.411 e. The molecule has 5 N–H and O–H groups in total. The molecule has 1 fully saturated rings. The Balaban J connectivity index is 0.888. The second kappa shape index (κ2) is 22.5. The monoisotopic (exact) mass is 918 g/mol. The topological polar surface area (TPSA) is 179 Å². The zero-order valence-electron chi connectivity index (χ0n) is 39.2. The van der Waals surface area contributed by atoms with E-state index in [4.69, 9.17) is 9.16 Å². The number of fused-ring (bicyclic) bond motifs is 1. The zero-order valence-corrected chi connectivity index (χ0v) is 40.2. The maximum absolute atomic E-state index is 13.0. The summed E-state index contributed by atoms with van der Waals surface area (Å²) in [6, 6.07) is 28.5. The van der Waals surface area contributed by atoms with E-state index < -0.39 is 32.2 Å². The van der Waals surface area contributed by atoms with Crippen molar-refractivity contribution in [2.75, 3.05) is 55.7 Å². The number of benzene rings is 4. The molecule has 14 nitrogen and oxygen atoms in total.